The Morgan fingerprint density at radius 3 is 2.50 bits per heavy atom. The number of nitrogens with zero attached hydrogens (tertiary/aromatic N) is 2. The third-order valence-corrected chi connectivity index (χ3v) is 4.94. The van der Waals surface area contributed by atoms with Gasteiger partial charge in [0.1, 0.15) is 0 Å². The monoisotopic (exact) mass is 295 g/mol. The van der Waals surface area contributed by atoms with Crippen LogP contribution in [0, 0.1) is 5.92 Å². The van der Waals surface area contributed by atoms with Gasteiger partial charge in [-0.25, -0.2) is 4.98 Å². The summed E-state index contributed by atoms with van der Waals surface area (Å²) < 4.78 is 0. The summed E-state index contributed by atoms with van der Waals surface area (Å²) in [5, 5.41) is 4.72. The molecule has 1 aromatic rings. The van der Waals surface area contributed by atoms with Crippen molar-refractivity contribution >= 4 is 16.5 Å². The average molecular weight is 295 g/mol. The fourth-order valence-corrected chi connectivity index (χ4v) is 3.80. The third kappa shape index (κ3) is 4.45. The maximum atomic E-state index is 4.97. The Labute approximate surface area is 127 Å². The normalized spacial score (nSPS) is 16.7. The first-order chi connectivity index (χ1) is 9.70. The topological polar surface area (TPSA) is 28.2 Å². The Kier molecular flexibility index (Phi) is 6.30. The molecule has 2 heterocycles. The van der Waals surface area contributed by atoms with Crippen LogP contribution >= 0.6 is 11.3 Å². The van der Waals surface area contributed by atoms with Gasteiger partial charge in [-0.1, -0.05) is 33.6 Å². The first-order valence-corrected chi connectivity index (χ1v) is 8.96. The van der Waals surface area contributed by atoms with E-state index in [4.69, 9.17) is 4.98 Å². The number of anilines is 1. The highest BCUT2D eigenvalue weighted by atomic mass is 32.1. The molecule has 0 radical (unpaired) electrons. The van der Waals surface area contributed by atoms with Crippen LogP contribution in [0.2, 0.25) is 0 Å². The molecule has 1 N–H and O–H groups in total. The minimum Gasteiger partial charge on any atom is -0.348 e. The number of thiazole rings is 1. The lowest BCUT2D eigenvalue weighted by atomic mass is 10.1. The second-order valence-corrected chi connectivity index (χ2v) is 7.21. The number of hydrogen-bond donors (Lipinski definition) is 1. The van der Waals surface area contributed by atoms with Gasteiger partial charge in [0, 0.05) is 24.5 Å². The van der Waals surface area contributed by atoms with Crippen molar-refractivity contribution < 1.29 is 0 Å². The molecule has 1 saturated heterocycles. The Hall–Kier alpha value is -0.610. The summed E-state index contributed by atoms with van der Waals surface area (Å²) in [6.45, 7) is 11.1. The number of hydrogen-bond acceptors (Lipinski definition) is 4. The molecule has 0 atom stereocenters. The summed E-state index contributed by atoms with van der Waals surface area (Å²) in [4.78, 5) is 8.93. The fourth-order valence-electron chi connectivity index (χ4n) is 2.69. The molecule has 0 spiro atoms. The lowest BCUT2D eigenvalue weighted by Crippen LogP contribution is -2.23. The molecule has 0 amide bonds. The summed E-state index contributed by atoms with van der Waals surface area (Å²) in [5.74, 6) is 0.675. The fraction of sp³-hybridized carbons (Fsp3) is 0.812. The van der Waals surface area contributed by atoms with Gasteiger partial charge in [0.15, 0.2) is 5.13 Å². The minimum atomic E-state index is 0.675. The van der Waals surface area contributed by atoms with Gasteiger partial charge in [-0.3, -0.25) is 0 Å². The molecular weight excluding hydrogens is 266 g/mol. The Balaban J connectivity index is 2.13. The standard InChI is InChI=1S/C16H29N3S/c1-4-17-12-15-14(11-13(2)3)18-16(20-15)19-9-7-5-6-8-10-19/h13,17H,4-12H2,1-3H3. The van der Waals surface area contributed by atoms with Crippen molar-refractivity contribution in [3.8, 4) is 0 Å². The smallest absolute Gasteiger partial charge is 0.185 e. The van der Waals surface area contributed by atoms with Gasteiger partial charge in [-0.2, -0.15) is 0 Å². The van der Waals surface area contributed by atoms with Crippen LogP contribution in [-0.2, 0) is 13.0 Å². The predicted octanol–water partition coefficient (Wildman–Crippen LogP) is 3.83. The molecule has 114 valence electrons. The zero-order valence-corrected chi connectivity index (χ0v) is 14.1. The van der Waals surface area contributed by atoms with Gasteiger partial charge in [0.05, 0.1) is 5.69 Å². The summed E-state index contributed by atoms with van der Waals surface area (Å²) in [5.41, 5.74) is 1.32. The van der Waals surface area contributed by atoms with Gasteiger partial charge >= 0.3 is 0 Å². The van der Waals surface area contributed by atoms with E-state index in [0.29, 0.717) is 5.92 Å². The summed E-state index contributed by atoms with van der Waals surface area (Å²) in [6, 6.07) is 0. The van der Waals surface area contributed by atoms with Crippen molar-refractivity contribution in [3.05, 3.63) is 10.6 Å². The first kappa shape index (κ1) is 15.8. The molecule has 4 heteroatoms. The molecule has 1 aliphatic heterocycles. The van der Waals surface area contributed by atoms with Crippen LogP contribution in [0.3, 0.4) is 0 Å². The van der Waals surface area contributed by atoms with Crippen molar-refractivity contribution in [2.45, 2.75) is 59.4 Å². The molecule has 1 fully saturated rings. The van der Waals surface area contributed by atoms with Crippen LogP contribution in [0.25, 0.3) is 0 Å². The van der Waals surface area contributed by atoms with E-state index >= 15 is 0 Å². The molecule has 0 saturated carbocycles. The highest BCUT2D eigenvalue weighted by molar-refractivity contribution is 7.15. The van der Waals surface area contributed by atoms with Crippen molar-refractivity contribution in [2.75, 3.05) is 24.5 Å². The van der Waals surface area contributed by atoms with E-state index < -0.39 is 0 Å². The van der Waals surface area contributed by atoms with Gasteiger partial charge in [-0.15, -0.1) is 11.3 Å². The minimum absolute atomic E-state index is 0.675. The zero-order valence-electron chi connectivity index (χ0n) is 13.2. The van der Waals surface area contributed by atoms with Crippen LogP contribution in [0.4, 0.5) is 5.13 Å². The van der Waals surface area contributed by atoms with Gasteiger partial charge in [-0.05, 0) is 31.7 Å². The second kappa shape index (κ2) is 7.99. The van der Waals surface area contributed by atoms with Crippen LogP contribution in [-0.4, -0.2) is 24.6 Å². The van der Waals surface area contributed by atoms with E-state index in [-0.39, 0.29) is 0 Å². The van der Waals surface area contributed by atoms with E-state index in [1.54, 1.807) is 0 Å². The van der Waals surface area contributed by atoms with Crippen molar-refractivity contribution in [3.63, 3.8) is 0 Å². The maximum Gasteiger partial charge on any atom is 0.185 e. The van der Waals surface area contributed by atoms with E-state index in [2.05, 4.69) is 31.0 Å². The van der Waals surface area contributed by atoms with Crippen LogP contribution in [0.5, 0.6) is 0 Å². The molecule has 1 aromatic heterocycles. The lowest BCUT2D eigenvalue weighted by molar-refractivity contribution is 0.626. The summed E-state index contributed by atoms with van der Waals surface area (Å²) >= 11 is 1.91. The van der Waals surface area contributed by atoms with E-state index in [1.165, 1.54) is 54.5 Å². The van der Waals surface area contributed by atoms with Gasteiger partial charge in [0.25, 0.3) is 0 Å². The molecule has 0 unspecified atom stereocenters. The molecule has 2 rings (SSSR count). The van der Waals surface area contributed by atoms with Crippen molar-refractivity contribution in [2.24, 2.45) is 5.92 Å². The maximum absolute atomic E-state index is 4.97. The highest BCUT2D eigenvalue weighted by Crippen LogP contribution is 2.29. The number of aromatic nitrogens is 1. The predicted molar refractivity (Wildman–Crippen MR) is 88.7 cm³/mol. The second-order valence-electron chi connectivity index (χ2n) is 6.15. The van der Waals surface area contributed by atoms with Crippen LogP contribution in [0.1, 0.15) is 57.0 Å². The van der Waals surface area contributed by atoms with E-state index in [0.717, 1.165) is 19.5 Å². The Bertz CT molecular complexity index is 392. The first-order valence-electron chi connectivity index (χ1n) is 8.15. The van der Waals surface area contributed by atoms with E-state index in [9.17, 15) is 0 Å². The lowest BCUT2D eigenvalue weighted by Gasteiger charge is -2.18. The molecule has 1 aliphatic rings. The van der Waals surface area contributed by atoms with Gasteiger partial charge in [0.2, 0.25) is 0 Å². The van der Waals surface area contributed by atoms with Crippen LogP contribution < -0.4 is 10.2 Å². The molecule has 0 aromatic carbocycles. The molecule has 3 nitrogen and oxygen atoms in total. The summed E-state index contributed by atoms with van der Waals surface area (Å²) in [7, 11) is 0. The zero-order chi connectivity index (χ0) is 14.4. The average Bonchev–Trinajstić information content (AvgIpc) is 2.64. The summed E-state index contributed by atoms with van der Waals surface area (Å²) in [6.07, 6.45) is 6.50. The van der Waals surface area contributed by atoms with Crippen LogP contribution in [0.15, 0.2) is 0 Å². The van der Waals surface area contributed by atoms with E-state index in [1.807, 2.05) is 11.3 Å². The number of nitrogens with one attached hydrogen (secondary N) is 1. The molecule has 0 bridgehead atoms. The van der Waals surface area contributed by atoms with Gasteiger partial charge < -0.3 is 10.2 Å². The number of rotatable bonds is 6. The Morgan fingerprint density at radius 1 is 1.20 bits per heavy atom. The van der Waals surface area contributed by atoms with Crippen molar-refractivity contribution in [1.29, 1.82) is 0 Å². The largest absolute Gasteiger partial charge is 0.348 e. The molecular formula is C16H29N3S. The third-order valence-electron chi connectivity index (χ3n) is 3.78. The quantitative estimate of drug-likeness (QED) is 0.864. The Morgan fingerprint density at radius 2 is 1.90 bits per heavy atom. The van der Waals surface area contributed by atoms with Crippen molar-refractivity contribution in [1.82, 2.24) is 10.3 Å². The molecule has 20 heavy (non-hydrogen) atoms. The highest BCUT2D eigenvalue weighted by Gasteiger charge is 2.17. The SMILES string of the molecule is CCNCc1sc(N2CCCCCC2)nc1CC(C)C. The molecule has 0 aliphatic carbocycles.